The van der Waals surface area contributed by atoms with Crippen LogP contribution in [0.4, 0.5) is 0 Å². The molecule has 4 aliphatic carbocycles. The zero-order chi connectivity index (χ0) is 28.4. The van der Waals surface area contributed by atoms with E-state index in [1.54, 1.807) is 13.0 Å². The number of ether oxygens (including phenoxy) is 1. The molecule has 38 heavy (non-hydrogen) atoms. The molecule has 0 aromatic rings. The lowest BCUT2D eigenvalue weighted by Gasteiger charge is -2.61. The second-order valence-corrected chi connectivity index (χ2v) is 13.4. The summed E-state index contributed by atoms with van der Waals surface area (Å²) < 4.78 is 5.70. The van der Waals surface area contributed by atoms with E-state index in [1.807, 2.05) is 13.8 Å². The van der Waals surface area contributed by atoms with Crippen molar-refractivity contribution in [1.82, 2.24) is 0 Å². The minimum absolute atomic E-state index is 0.0536. The van der Waals surface area contributed by atoms with Crippen LogP contribution < -0.4 is 0 Å². The topological polar surface area (TPSA) is 165 Å². The Bertz CT molecular complexity index is 977. The minimum Gasteiger partial charge on any atom is -0.462 e. The summed E-state index contributed by atoms with van der Waals surface area (Å²) in [5.41, 5.74) is -3.63. The van der Waals surface area contributed by atoms with Gasteiger partial charge >= 0.3 is 5.97 Å². The molecular formula is C29H46O9. The number of aliphatic hydroxyl groups excluding tert-OH is 4. The van der Waals surface area contributed by atoms with E-state index >= 15 is 0 Å². The Labute approximate surface area is 224 Å². The van der Waals surface area contributed by atoms with Crippen LogP contribution in [0.25, 0.3) is 0 Å². The Hall–Kier alpha value is -1.36. The van der Waals surface area contributed by atoms with Gasteiger partial charge in [0.25, 0.3) is 0 Å². The van der Waals surface area contributed by atoms with Gasteiger partial charge in [0.05, 0.1) is 30.0 Å². The molecule has 0 heterocycles. The molecule has 0 amide bonds. The van der Waals surface area contributed by atoms with E-state index in [2.05, 4.69) is 0 Å². The maximum absolute atomic E-state index is 13.4. The van der Waals surface area contributed by atoms with Gasteiger partial charge in [0.2, 0.25) is 0 Å². The SMILES string of the molecule is CC(=O)O[C@H](CCC(C)(O)CO)[C@@H](C)[C@H]1CC[C@@]2(O)C3=CC(=O)[C@@H]4C[C@@H](O)[C@@H](O)C(O)[C@]4(C)[C@H]3CC[C@]12C. The first kappa shape index (κ1) is 29.6. The van der Waals surface area contributed by atoms with Gasteiger partial charge in [0, 0.05) is 23.7 Å². The summed E-state index contributed by atoms with van der Waals surface area (Å²) >= 11 is 0. The molecule has 0 aliphatic heterocycles. The smallest absolute Gasteiger partial charge is 0.302 e. The van der Waals surface area contributed by atoms with Crippen LogP contribution in [-0.4, -0.2) is 84.6 Å². The number of fused-ring (bicyclic) bond motifs is 5. The molecule has 0 aromatic heterocycles. The predicted molar refractivity (Wildman–Crippen MR) is 137 cm³/mol. The van der Waals surface area contributed by atoms with Crippen molar-refractivity contribution in [2.24, 2.45) is 34.5 Å². The van der Waals surface area contributed by atoms with E-state index in [0.717, 1.165) is 0 Å². The van der Waals surface area contributed by atoms with Crippen molar-refractivity contribution in [1.29, 1.82) is 0 Å². The maximum Gasteiger partial charge on any atom is 0.302 e. The number of carbonyl (C=O) groups is 2. The van der Waals surface area contributed by atoms with Crippen molar-refractivity contribution in [3.63, 3.8) is 0 Å². The molecule has 3 fully saturated rings. The van der Waals surface area contributed by atoms with Gasteiger partial charge in [0.1, 0.15) is 12.2 Å². The second kappa shape index (κ2) is 9.93. The summed E-state index contributed by atoms with van der Waals surface area (Å²) in [5.74, 6) is -1.84. The monoisotopic (exact) mass is 538 g/mol. The highest BCUT2D eigenvalue weighted by molar-refractivity contribution is 5.95. The van der Waals surface area contributed by atoms with E-state index in [4.69, 9.17) is 4.74 Å². The summed E-state index contributed by atoms with van der Waals surface area (Å²) in [6.07, 6.45) is 0.132. The molecule has 6 N–H and O–H groups in total. The Morgan fingerprint density at radius 3 is 2.45 bits per heavy atom. The largest absolute Gasteiger partial charge is 0.462 e. The first-order valence-electron chi connectivity index (χ1n) is 14.1. The van der Waals surface area contributed by atoms with Gasteiger partial charge in [-0.15, -0.1) is 0 Å². The van der Waals surface area contributed by atoms with Gasteiger partial charge in [-0.05, 0) is 81.3 Å². The molecule has 0 aromatic carbocycles. The van der Waals surface area contributed by atoms with Crippen LogP contribution in [0.2, 0.25) is 0 Å². The van der Waals surface area contributed by atoms with Crippen LogP contribution in [0, 0.1) is 34.5 Å². The summed E-state index contributed by atoms with van der Waals surface area (Å²) in [4.78, 5) is 25.4. The highest BCUT2D eigenvalue weighted by Crippen LogP contribution is 2.68. The average Bonchev–Trinajstić information content (AvgIpc) is 3.13. The molecule has 9 nitrogen and oxygen atoms in total. The third kappa shape index (κ3) is 4.38. The van der Waals surface area contributed by atoms with E-state index in [-0.39, 0.29) is 36.4 Å². The second-order valence-electron chi connectivity index (χ2n) is 13.4. The summed E-state index contributed by atoms with van der Waals surface area (Å²) in [6, 6.07) is 0. The van der Waals surface area contributed by atoms with Gasteiger partial charge in [-0.2, -0.15) is 0 Å². The summed E-state index contributed by atoms with van der Waals surface area (Å²) in [5, 5.41) is 64.1. The van der Waals surface area contributed by atoms with Crippen LogP contribution in [0.1, 0.15) is 79.6 Å². The molecule has 2 unspecified atom stereocenters. The first-order valence-corrected chi connectivity index (χ1v) is 14.1. The number of aliphatic hydroxyl groups is 6. The lowest BCUT2D eigenvalue weighted by molar-refractivity contribution is -0.199. The van der Waals surface area contributed by atoms with E-state index in [0.29, 0.717) is 37.7 Å². The number of ketones is 1. The number of hydrogen-bond donors (Lipinski definition) is 6. The third-order valence-electron chi connectivity index (χ3n) is 11.2. The predicted octanol–water partition coefficient (Wildman–Crippen LogP) is 1.25. The Kier molecular flexibility index (Phi) is 7.74. The quantitative estimate of drug-likeness (QED) is 0.262. The van der Waals surface area contributed by atoms with Gasteiger partial charge in [-0.25, -0.2) is 0 Å². The van der Waals surface area contributed by atoms with Gasteiger partial charge in [-0.3, -0.25) is 9.59 Å². The highest BCUT2D eigenvalue weighted by Gasteiger charge is 2.69. The summed E-state index contributed by atoms with van der Waals surface area (Å²) in [7, 11) is 0. The van der Waals surface area contributed by atoms with Crippen molar-refractivity contribution >= 4 is 11.8 Å². The van der Waals surface area contributed by atoms with Crippen LogP contribution >= 0.6 is 0 Å². The van der Waals surface area contributed by atoms with E-state index in [1.165, 1.54) is 13.8 Å². The molecule has 0 saturated heterocycles. The zero-order valence-electron chi connectivity index (χ0n) is 23.3. The fourth-order valence-corrected chi connectivity index (χ4v) is 8.72. The highest BCUT2D eigenvalue weighted by atomic mass is 16.5. The molecule has 4 rings (SSSR count). The summed E-state index contributed by atoms with van der Waals surface area (Å²) in [6.45, 7) is 8.30. The molecule has 216 valence electrons. The van der Waals surface area contributed by atoms with Crippen molar-refractivity contribution in [3.05, 3.63) is 11.6 Å². The lowest BCUT2D eigenvalue weighted by Crippen LogP contribution is -2.66. The molecule has 0 spiro atoms. The fourth-order valence-electron chi connectivity index (χ4n) is 8.72. The standard InChI is InChI=1S/C29H46O9/c1-15(23(38-16(2)31)8-9-26(3,36)14-30)17-7-11-29(37)19-12-21(32)20-13-22(33)24(34)25(35)28(20,5)18(19)6-10-27(17,29)4/h12,15,17-18,20,22-25,30,33-37H,6-11,13-14H2,1-5H3/t15-,17+,18-,20-,22+,23+,24+,25?,26?,27+,28+,29+/m0/s1. The Morgan fingerprint density at radius 1 is 1.18 bits per heavy atom. The lowest BCUT2D eigenvalue weighted by atomic mass is 9.45. The number of hydrogen-bond acceptors (Lipinski definition) is 9. The van der Waals surface area contributed by atoms with Gasteiger partial charge in [-0.1, -0.05) is 20.8 Å². The number of esters is 1. The van der Waals surface area contributed by atoms with Crippen LogP contribution in [-0.2, 0) is 14.3 Å². The number of rotatable bonds is 7. The maximum atomic E-state index is 13.4. The molecule has 0 radical (unpaired) electrons. The van der Waals surface area contributed by atoms with Crippen molar-refractivity contribution < 1.29 is 45.0 Å². The molecule has 3 saturated carbocycles. The fraction of sp³-hybridized carbons (Fsp3) is 0.862. The molecular weight excluding hydrogens is 492 g/mol. The van der Waals surface area contributed by atoms with Crippen LogP contribution in [0.5, 0.6) is 0 Å². The zero-order valence-corrected chi connectivity index (χ0v) is 23.3. The first-order chi connectivity index (χ1) is 17.5. The number of allylic oxidation sites excluding steroid dienone is 1. The van der Waals surface area contributed by atoms with Crippen LogP contribution in [0.15, 0.2) is 11.6 Å². The van der Waals surface area contributed by atoms with Crippen molar-refractivity contribution in [3.8, 4) is 0 Å². The van der Waals surface area contributed by atoms with Gasteiger partial charge < -0.3 is 35.4 Å². The molecule has 12 atom stereocenters. The van der Waals surface area contributed by atoms with Gasteiger partial charge in [0.15, 0.2) is 5.78 Å². The van der Waals surface area contributed by atoms with Crippen molar-refractivity contribution in [2.75, 3.05) is 6.61 Å². The van der Waals surface area contributed by atoms with E-state index < -0.39 is 64.9 Å². The normalized spacial score (nSPS) is 45.7. The Morgan fingerprint density at radius 2 is 1.84 bits per heavy atom. The van der Waals surface area contributed by atoms with E-state index in [9.17, 15) is 40.2 Å². The molecule has 4 aliphatic rings. The van der Waals surface area contributed by atoms with Crippen LogP contribution in [0.3, 0.4) is 0 Å². The molecule has 0 bridgehead atoms. The number of carbonyl (C=O) groups excluding carboxylic acids is 2. The minimum atomic E-state index is -1.36. The molecule has 9 heteroatoms. The average molecular weight is 539 g/mol. The third-order valence-corrected chi connectivity index (χ3v) is 11.2. The Balaban J connectivity index is 1.66. The van der Waals surface area contributed by atoms with Crippen molar-refractivity contribution in [2.45, 2.75) is 115 Å².